The maximum Gasteiger partial charge on any atom is 0.317 e. The molecule has 7 heteroatoms. The van der Waals surface area contributed by atoms with Gasteiger partial charge in [0.15, 0.2) is 0 Å². The molecule has 174 valence electrons. The molecule has 4 aliphatic carbocycles. The first-order chi connectivity index (χ1) is 15.4. The molecule has 0 radical (unpaired) electrons. The van der Waals surface area contributed by atoms with E-state index in [4.69, 9.17) is 23.2 Å². The molecule has 1 atom stereocenters. The zero-order valence-electron chi connectivity index (χ0n) is 18.5. The van der Waals surface area contributed by atoms with E-state index in [1.807, 2.05) is 11.0 Å². The van der Waals surface area contributed by atoms with Crippen LogP contribution in [0.25, 0.3) is 0 Å². The van der Waals surface area contributed by atoms with Gasteiger partial charge in [-0.05, 0) is 92.7 Å². The third-order valence-corrected chi connectivity index (χ3v) is 8.91. The Morgan fingerprint density at radius 1 is 1.03 bits per heavy atom. The topological polar surface area (TPSA) is 61.4 Å². The van der Waals surface area contributed by atoms with Crippen LogP contribution in [0.3, 0.4) is 0 Å². The molecule has 1 aliphatic heterocycles. The van der Waals surface area contributed by atoms with Gasteiger partial charge in [0, 0.05) is 41.6 Å². The van der Waals surface area contributed by atoms with Gasteiger partial charge in [-0.1, -0.05) is 29.3 Å². The molecular formula is C25H33Cl2N3O2. The van der Waals surface area contributed by atoms with Crippen LogP contribution < -0.4 is 10.6 Å². The number of urea groups is 1. The summed E-state index contributed by atoms with van der Waals surface area (Å²) in [6.45, 7) is 2.48. The van der Waals surface area contributed by atoms with Crippen molar-refractivity contribution in [2.45, 2.75) is 57.9 Å². The average Bonchev–Trinajstić information content (AvgIpc) is 2.76. The largest absolute Gasteiger partial charge is 0.355 e. The summed E-state index contributed by atoms with van der Waals surface area (Å²) in [4.78, 5) is 27.8. The first-order valence-corrected chi connectivity index (χ1v) is 12.9. The maximum absolute atomic E-state index is 13.2. The molecule has 1 unspecified atom stereocenters. The lowest BCUT2D eigenvalue weighted by molar-refractivity contribution is -0.146. The van der Waals surface area contributed by atoms with E-state index >= 15 is 0 Å². The molecule has 32 heavy (non-hydrogen) atoms. The van der Waals surface area contributed by atoms with E-state index in [2.05, 4.69) is 10.6 Å². The highest BCUT2D eigenvalue weighted by Gasteiger charge is 2.54. The van der Waals surface area contributed by atoms with Crippen molar-refractivity contribution in [3.05, 3.63) is 33.8 Å². The van der Waals surface area contributed by atoms with Crippen LogP contribution in [0.5, 0.6) is 0 Å². The Morgan fingerprint density at radius 3 is 2.38 bits per heavy atom. The van der Waals surface area contributed by atoms with Crippen LogP contribution in [-0.4, -0.2) is 36.5 Å². The number of piperidine rings is 1. The SMILES string of the molecule is O=C(NCc1ccc(Cl)cc1Cl)N1CCCC(CNC(=O)C23CC4CC(CC(C4)C2)C3)C1. The zero-order valence-corrected chi connectivity index (χ0v) is 20.1. The Hall–Kier alpha value is -1.46. The van der Waals surface area contributed by atoms with E-state index < -0.39 is 0 Å². The summed E-state index contributed by atoms with van der Waals surface area (Å²) in [5.41, 5.74) is 0.749. The highest BCUT2D eigenvalue weighted by atomic mass is 35.5. The van der Waals surface area contributed by atoms with Crippen molar-refractivity contribution < 1.29 is 9.59 Å². The second-order valence-corrected chi connectivity index (χ2v) is 11.6. The third kappa shape index (κ3) is 4.61. The standard InChI is InChI=1S/C25H33Cl2N3O2/c26-21-4-3-20(22(27)9-21)14-29-24(32)30-5-1-2-16(15-30)13-28-23(31)25-10-17-6-18(11-25)8-19(7-17)12-25/h3-4,9,16-19H,1-2,5-8,10-15H2,(H,28,31)(H,29,32). The predicted molar refractivity (Wildman–Crippen MR) is 127 cm³/mol. The second kappa shape index (κ2) is 9.06. The van der Waals surface area contributed by atoms with Crippen LogP contribution in [-0.2, 0) is 11.3 Å². The fourth-order valence-corrected chi connectivity index (χ4v) is 7.65. The molecule has 5 nitrogen and oxygen atoms in total. The summed E-state index contributed by atoms with van der Waals surface area (Å²) in [5, 5.41) is 7.43. The van der Waals surface area contributed by atoms with Crippen LogP contribution >= 0.6 is 23.2 Å². The number of rotatable bonds is 5. The van der Waals surface area contributed by atoms with E-state index in [-0.39, 0.29) is 17.4 Å². The van der Waals surface area contributed by atoms with E-state index in [9.17, 15) is 9.59 Å². The van der Waals surface area contributed by atoms with Gasteiger partial charge in [-0.3, -0.25) is 4.79 Å². The number of hydrogen-bond donors (Lipinski definition) is 2. The molecule has 1 aromatic rings. The third-order valence-electron chi connectivity index (χ3n) is 8.32. The van der Waals surface area contributed by atoms with Crippen molar-refractivity contribution in [1.82, 2.24) is 15.5 Å². The maximum atomic E-state index is 13.2. The number of nitrogens with zero attached hydrogens (tertiary/aromatic N) is 1. The Kier molecular flexibility index (Phi) is 6.32. The van der Waals surface area contributed by atoms with Gasteiger partial charge >= 0.3 is 6.03 Å². The highest BCUT2D eigenvalue weighted by Crippen LogP contribution is 2.60. The van der Waals surface area contributed by atoms with Gasteiger partial charge in [0.25, 0.3) is 0 Å². The van der Waals surface area contributed by atoms with Crippen molar-refractivity contribution in [3.8, 4) is 0 Å². The van der Waals surface area contributed by atoms with E-state index in [0.717, 1.165) is 62.0 Å². The van der Waals surface area contributed by atoms with Crippen molar-refractivity contribution in [2.75, 3.05) is 19.6 Å². The van der Waals surface area contributed by atoms with Crippen molar-refractivity contribution >= 4 is 35.1 Å². The zero-order chi connectivity index (χ0) is 22.3. The van der Waals surface area contributed by atoms with Gasteiger partial charge in [-0.2, -0.15) is 0 Å². The molecule has 5 fully saturated rings. The molecular weight excluding hydrogens is 445 g/mol. The normalized spacial score (nSPS) is 33.2. The molecule has 4 bridgehead atoms. The van der Waals surface area contributed by atoms with Crippen molar-refractivity contribution in [2.24, 2.45) is 29.1 Å². The summed E-state index contributed by atoms with van der Waals surface area (Å²) in [7, 11) is 0. The molecule has 1 aromatic carbocycles. The van der Waals surface area contributed by atoms with Gasteiger partial charge in [0.1, 0.15) is 0 Å². The second-order valence-electron chi connectivity index (χ2n) is 10.8. The number of amides is 3. The van der Waals surface area contributed by atoms with Gasteiger partial charge in [0.05, 0.1) is 0 Å². The summed E-state index contributed by atoms with van der Waals surface area (Å²) >= 11 is 12.2. The molecule has 3 amide bonds. The monoisotopic (exact) mass is 477 g/mol. The molecule has 0 aromatic heterocycles. The van der Waals surface area contributed by atoms with Crippen LogP contribution in [0.2, 0.25) is 10.0 Å². The number of likely N-dealkylation sites (tertiary alicyclic amines) is 1. The summed E-state index contributed by atoms with van der Waals surface area (Å²) in [6.07, 6.45) is 9.34. The fraction of sp³-hybridized carbons (Fsp3) is 0.680. The Morgan fingerprint density at radius 2 is 1.72 bits per heavy atom. The van der Waals surface area contributed by atoms with Crippen LogP contribution in [0.1, 0.15) is 56.9 Å². The molecule has 1 saturated heterocycles. The number of benzene rings is 1. The van der Waals surface area contributed by atoms with Gasteiger partial charge in [0.2, 0.25) is 5.91 Å². The lowest BCUT2D eigenvalue weighted by Gasteiger charge is -2.55. The Labute approximate surface area is 200 Å². The minimum Gasteiger partial charge on any atom is -0.355 e. The quantitative estimate of drug-likeness (QED) is 0.608. The minimum atomic E-state index is -0.0989. The number of hydrogen-bond acceptors (Lipinski definition) is 2. The minimum absolute atomic E-state index is 0.0758. The molecule has 2 N–H and O–H groups in total. The summed E-state index contributed by atoms with van der Waals surface area (Å²) in [5.74, 6) is 2.92. The molecule has 1 heterocycles. The number of carbonyl (C=O) groups is 2. The number of nitrogens with one attached hydrogen (secondary N) is 2. The first kappa shape index (κ1) is 22.3. The molecule has 6 rings (SSSR count). The Bertz CT molecular complexity index is 855. The summed E-state index contributed by atoms with van der Waals surface area (Å²) < 4.78 is 0. The molecule has 0 spiro atoms. The van der Waals surface area contributed by atoms with Crippen LogP contribution in [0.15, 0.2) is 18.2 Å². The van der Waals surface area contributed by atoms with Crippen LogP contribution in [0, 0.1) is 29.1 Å². The van der Waals surface area contributed by atoms with Crippen LogP contribution in [0.4, 0.5) is 4.79 Å². The van der Waals surface area contributed by atoms with E-state index in [1.165, 1.54) is 19.3 Å². The average molecular weight is 478 g/mol. The van der Waals surface area contributed by atoms with Gasteiger partial charge < -0.3 is 15.5 Å². The number of carbonyl (C=O) groups excluding carboxylic acids is 2. The lowest BCUT2D eigenvalue weighted by Crippen LogP contribution is -2.54. The lowest BCUT2D eigenvalue weighted by atomic mass is 9.49. The first-order valence-electron chi connectivity index (χ1n) is 12.2. The smallest absolute Gasteiger partial charge is 0.317 e. The number of halogens is 2. The summed E-state index contributed by atoms with van der Waals surface area (Å²) in [6, 6.07) is 5.23. The van der Waals surface area contributed by atoms with Gasteiger partial charge in [-0.15, -0.1) is 0 Å². The Balaban J connectivity index is 1.11. The van der Waals surface area contributed by atoms with Gasteiger partial charge in [-0.25, -0.2) is 4.79 Å². The predicted octanol–water partition coefficient (Wildman–Crippen LogP) is 5.25. The highest BCUT2D eigenvalue weighted by molar-refractivity contribution is 6.35. The fourth-order valence-electron chi connectivity index (χ4n) is 7.18. The molecule has 5 aliphatic rings. The van der Waals surface area contributed by atoms with E-state index in [0.29, 0.717) is 35.6 Å². The van der Waals surface area contributed by atoms with Crippen molar-refractivity contribution in [1.29, 1.82) is 0 Å². The molecule has 4 saturated carbocycles. The van der Waals surface area contributed by atoms with Crippen molar-refractivity contribution in [3.63, 3.8) is 0 Å². The van der Waals surface area contributed by atoms with E-state index in [1.54, 1.807) is 12.1 Å².